The minimum Gasteiger partial charge on any atom is -0.325 e. The van der Waals surface area contributed by atoms with Crippen LogP contribution in [0.4, 0.5) is 11.4 Å². The average Bonchev–Trinajstić information content (AvgIpc) is 2.98. The van der Waals surface area contributed by atoms with E-state index < -0.39 is 4.92 Å². The molecule has 0 amide bonds. The topological polar surface area (TPSA) is 106 Å². The zero-order chi connectivity index (χ0) is 23.3. The van der Waals surface area contributed by atoms with Crippen LogP contribution in [0.2, 0.25) is 0 Å². The molecule has 3 rings (SSSR count). The second-order valence-corrected chi connectivity index (χ2v) is 7.48. The summed E-state index contributed by atoms with van der Waals surface area (Å²) in [5, 5.41) is 17.9. The van der Waals surface area contributed by atoms with Gasteiger partial charge in [-0.1, -0.05) is 29.8 Å². The van der Waals surface area contributed by atoms with Crippen LogP contribution in [0.3, 0.4) is 0 Å². The number of hydrogen-bond acceptors (Lipinski definition) is 5. The number of non-ortho nitro benzene ring substituents is 1. The van der Waals surface area contributed by atoms with E-state index in [1.54, 1.807) is 36.9 Å². The third kappa shape index (κ3) is 5.29. The summed E-state index contributed by atoms with van der Waals surface area (Å²) in [5.41, 5.74) is 4.79. The molecule has 0 spiro atoms. The lowest BCUT2D eigenvalue weighted by atomic mass is 10.2. The quantitative estimate of drug-likeness (QED) is 0.244. The van der Waals surface area contributed by atoms with Crippen molar-refractivity contribution < 1.29 is 4.92 Å². The summed E-state index contributed by atoms with van der Waals surface area (Å²) in [6.07, 6.45) is 2.92. The van der Waals surface area contributed by atoms with Gasteiger partial charge in [-0.05, 0) is 55.0 Å². The van der Waals surface area contributed by atoms with Gasteiger partial charge in [-0.3, -0.25) is 25.0 Å². The molecule has 2 aromatic carbocycles. The van der Waals surface area contributed by atoms with E-state index in [1.165, 1.54) is 23.0 Å². The van der Waals surface area contributed by atoms with E-state index in [1.807, 2.05) is 30.3 Å². The van der Waals surface area contributed by atoms with Gasteiger partial charge < -0.3 is 5.32 Å². The highest BCUT2D eigenvalue weighted by molar-refractivity contribution is 7.80. The maximum atomic E-state index is 12.9. The molecule has 9 nitrogen and oxygen atoms in total. The summed E-state index contributed by atoms with van der Waals surface area (Å²) in [7, 11) is 1.78. The van der Waals surface area contributed by atoms with Crippen molar-refractivity contribution >= 4 is 52.6 Å². The number of nitro benzene ring substituents is 1. The average molecular weight is 471 g/mol. The Hall–Kier alpha value is -3.76. The smallest absolute Gasteiger partial charge is 0.295 e. The van der Waals surface area contributed by atoms with E-state index >= 15 is 0 Å². The molecule has 1 aromatic heterocycles. The van der Waals surface area contributed by atoms with Crippen molar-refractivity contribution in [1.29, 1.82) is 0 Å². The Labute approximate surface area is 193 Å². The van der Waals surface area contributed by atoms with E-state index in [0.29, 0.717) is 16.9 Å². The fourth-order valence-electron chi connectivity index (χ4n) is 2.90. The number of nitrogens with one attached hydrogen (secondary N) is 2. The number of nitro groups is 1. The van der Waals surface area contributed by atoms with Gasteiger partial charge >= 0.3 is 0 Å². The lowest BCUT2D eigenvalue weighted by Gasteiger charge is -2.07. The minimum atomic E-state index is -0.475. The summed E-state index contributed by atoms with van der Waals surface area (Å²) in [6.45, 7) is 1.80. The zero-order valence-electron chi connectivity index (χ0n) is 17.2. The van der Waals surface area contributed by atoms with Gasteiger partial charge in [0.25, 0.3) is 11.2 Å². The molecule has 164 valence electrons. The predicted octanol–water partition coefficient (Wildman–Crippen LogP) is 3.94. The third-order valence-corrected chi connectivity index (χ3v) is 4.96. The second kappa shape index (κ2) is 10.0. The maximum absolute atomic E-state index is 12.9. The van der Waals surface area contributed by atoms with Gasteiger partial charge in [-0.15, -0.1) is 0 Å². The van der Waals surface area contributed by atoms with Crippen molar-refractivity contribution in [3.05, 3.63) is 91.4 Å². The highest BCUT2D eigenvalue weighted by atomic mass is 35.5. The molecule has 0 aliphatic heterocycles. The van der Waals surface area contributed by atoms with Crippen LogP contribution in [0.25, 0.3) is 11.8 Å². The number of allylic oxidation sites excluding steroid dienone is 1. The van der Waals surface area contributed by atoms with Gasteiger partial charge in [0.15, 0.2) is 5.11 Å². The van der Waals surface area contributed by atoms with Gasteiger partial charge in [0.1, 0.15) is 5.69 Å². The molecular formula is C21H19ClN6O3S. The summed E-state index contributed by atoms with van der Waals surface area (Å²) in [4.78, 5) is 23.1. The molecule has 0 radical (unpaired) electrons. The minimum absolute atomic E-state index is 0.00689. The van der Waals surface area contributed by atoms with E-state index in [2.05, 4.69) is 15.8 Å². The Morgan fingerprint density at radius 1 is 1.19 bits per heavy atom. The highest BCUT2D eigenvalue weighted by Gasteiger charge is 2.16. The first-order valence-electron chi connectivity index (χ1n) is 9.33. The van der Waals surface area contributed by atoms with Gasteiger partial charge in [-0.2, -0.15) is 5.10 Å². The molecule has 11 heteroatoms. The van der Waals surface area contributed by atoms with Crippen molar-refractivity contribution in [1.82, 2.24) is 14.8 Å². The predicted molar refractivity (Wildman–Crippen MR) is 131 cm³/mol. The fraction of sp³-hybridized carbons (Fsp3) is 0.0952. The lowest BCUT2D eigenvalue weighted by molar-refractivity contribution is -0.384. The zero-order valence-corrected chi connectivity index (χ0v) is 18.7. The molecule has 1 heterocycles. The van der Waals surface area contributed by atoms with Crippen molar-refractivity contribution in [2.45, 2.75) is 6.92 Å². The summed E-state index contributed by atoms with van der Waals surface area (Å²) >= 11 is 11.3. The maximum Gasteiger partial charge on any atom is 0.295 e. The second-order valence-electron chi connectivity index (χ2n) is 6.64. The number of anilines is 1. The molecule has 0 fully saturated rings. The van der Waals surface area contributed by atoms with Crippen molar-refractivity contribution in [2.24, 2.45) is 12.1 Å². The molecule has 0 bridgehead atoms. The van der Waals surface area contributed by atoms with Crippen LogP contribution >= 0.6 is 23.8 Å². The van der Waals surface area contributed by atoms with Crippen molar-refractivity contribution in [3.63, 3.8) is 0 Å². The highest BCUT2D eigenvalue weighted by Crippen LogP contribution is 2.15. The Morgan fingerprint density at radius 3 is 2.47 bits per heavy atom. The van der Waals surface area contributed by atoms with Crippen molar-refractivity contribution in [2.75, 3.05) is 5.32 Å². The van der Waals surface area contributed by atoms with Crippen LogP contribution in [-0.2, 0) is 7.05 Å². The van der Waals surface area contributed by atoms with Gasteiger partial charge in [0, 0.05) is 19.2 Å². The van der Waals surface area contributed by atoms with E-state index in [-0.39, 0.29) is 21.4 Å². The molecule has 32 heavy (non-hydrogen) atoms. The Balaban J connectivity index is 1.67. The summed E-state index contributed by atoms with van der Waals surface area (Å²) in [6, 6.07) is 15.2. The molecule has 0 unspecified atom stereocenters. The van der Waals surface area contributed by atoms with Crippen LogP contribution in [0.1, 0.15) is 11.3 Å². The molecule has 2 N–H and O–H groups in total. The molecule has 3 aromatic rings. The molecule has 0 saturated carbocycles. The molecule has 0 aliphatic rings. The lowest BCUT2D eigenvalue weighted by Crippen LogP contribution is -2.28. The summed E-state index contributed by atoms with van der Waals surface area (Å²) in [5.74, 6) is 0. The first-order valence-corrected chi connectivity index (χ1v) is 10.1. The first kappa shape index (κ1) is 22.9. The van der Waals surface area contributed by atoms with Crippen LogP contribution in [0.15, 0.2) is 69.5 Å². The number of para-hydroxylation sites is 1. The number of thiocarbonyl (C=S) groups is 1. The molecule has 0 atom stereocenters. The fourth-order valence-corrected chi connectivity index (χ4v) is 3.22. The summed E-state index contributed by atoms with van der Waals surface area (Å²) < 4.78 is 3.27. The van der Waals surface area contributed by atoms with Gasteiger partial charge in [-0.25, -0.2) is 4.68 Å². The number of hydrazone groups is 1. The first-order chi connectivity index (χ1) is 15.3. The number of rotatable bonds is 6. The van der Waals surface area contributed by atoms with E-state index in [4.69, 9.17) is 23.8 Å². The normalized spacial score (nSPS) is 11.5. The molecule has 0 aliphatic carbocycles. The Morgan fingerprint density at radius 2 is 1.84 bits per heavy atom. The van der Waals surface area contributed by atoms with Gasteiger partial charge in [0.2, 0.25) is 0 Å². The van der Waals surface area contributed by atoms with Crippen LogP contribution in [0, 0.1) is 17.0 Å². The molecular weight excluding hydrogens is 452 g/mol. The number of benzene rings is 2. The SMILES string of the molecule is Cc1c(NC(=S)N/N=C/C(Cl)=C\c2ccc([N+](=O)[O-])cc2)c(=O)n(-c2ccccc2)n1C. The van der Waals surface area contributed by atoms with E-state index in [0.717, 1.165) is 5.69 Å². The molecule has 0 saturated heterocycles. The number of hydrogen-bond donors (Lipinski definition) is 2. The van der Waals surface area contributed by atoms with Crippen LogP contribution in [-0.4, -0.2) is 25.6 Å². The number of halogens is 1. The monoisotopic (exact) mass is 470 g/mol. The Kier molecular flexibility index (Phi) is 7.18. The van der Waals surface area contributed by atoms with Crippen LogP contribution < -0.4 is 16.3 Å². The Bertz CT molecular complexity index is 1260. The van der Waals surface area contributed by atoms with Gasteiger partial charge in [0.05, 0.1) is 27.6 Å². The van der Waals surface area contributed by atoms with Crippen LogP contribution in [0.5, 0.6) is 0 Å². The number of nitrogens with zero attached hydrogens (tertiary/aromatic N) is 4. The van der Waals surface area contributed by atoms with Crippen molar-refractivity contribution in [3.8, 4) is 5.69 Å². The van der Waals surface area contributed by atoms with E-state index in [9.17, 15) is 14.9 Å². The number of aromatic nitrogens is 2. The largest absolute Gasteiger partial charge is 0.325 e. The standard InChI is InChI=1S/C21H19ClN6O3S/c1-14-19(20(29)27(26(14)2)17-6-4-3-5-7-17)24-21(32)25-23-13-16(22)12-15-8-10-18(11-9-15)28(30)31/h3-13H,1-2H3,(H2,24,25,32)/b16-12+,23-13+. The third-order valence-electron chi connectivity index (χ3n) is 4.56.